The summed E-state index contributed by atoms with van der Waals surface area (Å²) in [5.41, 5.74) is 3.92. The molecule has 3 aliphatic carbocycles. The third kappa shape index (κ3) is 4.05. The average molecular weight is 468 g/mol. The SMILES string of the molecule is CON=C1C[C@@H](CCC(=O)Nc2ncc(C)s2)C2C3CCc4cc(O)ccc4C3CC[C@]12C. The Morgan fingerprint density at radius 2 is 2.24 bits per heavy atom. The summed E-state index contributed by atoms with van der Waals surface area (Å²) in [6.45, 7) is 4.36. The van der Waals surface area contributed by atoms with Crippen LogP contribution in [0.5, 0.6) is 5.75 Å². The molecular formula is C26H33N3O3S. The molecule has 7 heteroatoms. The Morgan fingerprint density at radius 1 is 1.39 bits per heavy atom. The molecule has 1 heterocycles. The summed E-state index contributed by atoms with van der Waals surface area (Å²) in [5, 5.41) is 18.1. The minimum Gasteiger partial charge on any atom is -0.508 e. The van der Waals surface area contributed by atoms with Crippen molar-refractivity contribution in [2.45, 2.75) is 64.7 Å². The number of aromatic hydroxyl groups is 1. The van der Waals surface area contributed by atoms with E-state index in [-0.39, 0.29) is 11.3 Å². The molecule has 3 unspecified atom stereocenters. The highest BCUT2D eigenvalue weighted by molar-refractivity contribution is 7.15. The zero-order valence-corrected chi connectivity index (χ0v) is 20.5. The fourth-order valence-corrected chi connectivity index (χ4v) is 7.76. The number of thiazole rings is 1. The van der Waals surface area contributed by atoms with Crippen LogP contribution < -0.4 is 5.32 Å². The van der Waals surface area contributed by atoms with Gasteiger partial charge in [0, 0.05) is 22.9 Å². The number of hydrogen-bond acceptors (Lipinski definition) is 6. The lowest BCUT2D eigenvalue weighted by Gasteiger charge is -2.50. The summed E-state index contributed by atoms with van der Waals surface area (Å²) in [7, 11) is 1.64. The first-order valence-electron chi connectivity index (χ1n) is 12.0. The van der Waals surface area contributed by atoms with Gasteiger partial charge in [-0.05, 0) is 92.4 Å². The fraction of sp³-hybridized carbons (Fsp3) is 0.577. The molecule has 33 heavy (non-hydrogen) atoms. The Balaban J connectivity index is 1.37. The standard InChI is InChI=1S/C26H33N3O3S/c1-15-14-27-25(33-15)28-23(31)9-5-17-13-22(29-32-3)26(2)11-10-20-19-8-6-18(30)12-16(19)4-7-21(20)24(17)26/h6,8,12,14,17,20-21,24,30H,4-5,7,9-11,13H2,1-3H3,(H,27,28,31)/t17-,20?,21?,24?,26-/m1/s1. The molecule has 2 N–H and O–H groups in total. The van der Waals surface area contributed by atoms with Crippen LogP contribution in [0.2, 0.25) is 0 Å². The molecule has 0 spiro atoms. The molecule has 2 fully saturated rings. The molecule has 0 saturated heterocycles. The highest BCUT2D eigenvalue weighted by Crippen LogP contribution is 2.62. The summed E-state index contributed by atoms with van der Waals surface area (Å²) in [6, 6.07) is 5.93. The third-order valence-electron chi connectivity index (χ3n) is 8.40. The highest BCUT2D eigenvalue weighted by atomic mass is 32.1. The van der Waals surface area contributed by atoms with Crippen LogP contribution in [0.3, 0.4) is 0 Å². The van der Waals surface area contributed by atoms with Crippen LogP contribution >= 0.6 is 11.3 Å². The van der Waals surface area contributed by atoms with Gasteiger partial charge in [0.15, 0.2) is 5.13 Å². The first-order valence-corrected chi connectivity index (χ1v) is 12.8. The molecule has 0 aliphatic heterocycles. The van der Waals surface area contributed by atoms with E-state index in [4.69, 9.17) is 4.84 Å². The minimum absolute atomic E-state index is 0.0269. The van der Waals surface area contributed by atoms with Crippen LogP contribution in [-0.4, -0.2) is 28.8 Å². The van der Waals surface area contributed by atoms with Crippen LogP contribution in [0.4, 0.5) is 5.13 Å². The van der Waals surface area contributed by atoms with Crippen molar-refractivity contribution in [2.75, 3.05) is 12.4 Å². The van der Waals surface area contributed by atoms with Gasteiger partial charge < -0.3 is 15.3 Å². The predicted octanol–water partition coefficient (Wildman–Crippen LogP) is 5.66. The van der Waals surface area contributed by atoms with Crippen molar-refractivity contribution in [1.82, 2.24) is 4.98 Å². The van der Waals surface area contributed by atoms with Gasteiger partial charge in [0.1, 0.15) is 12.9 Å². The van der Waals surface area contributed by atoms with Crippen molar-refractivity contribution in [3.63, 3.8) is 0 Å². The Morgan fingerprint density at radius 3 is 3.00 bits per heavy atom. The molecule has 5 atom stereocenters. The van der Waals surface area contributed by atoms with E-state index in [1.54, 1.807) is 13.3 Å². The molecule has 1 aromatic carbocycles. The van der Waals surface area contributed by atoms with Crippen LogP contribution in [-0.2, 0) is 16.1 Å². The minimum atomic E-state index is 0.0269. The number of hydrogen-bond donors (Lipinski definition) is 2. The summed E-state index contributed by atoms with van der Waals surface area (Å²) < 4.78 is 0. The van der Waals surface area contributed by atoms with Gasteiger partial charge in [-0.25, -0.2) is 4.98 Å². The number of rotatable bonds is 5. The number of carbonyl (C=O) groups excluding carboxylic acids is 1. The molecule has 6 nitrogen and oxygen atoms in total. The Bertz CT molecular complexity index is 1080. The maximum Gasteiger partial charge on any atom is 0.226 e. The number of oxime groups is 1. The van der Waals surface area contributed by atoms with Gasteiger partial charge in [-0.3, -0.25) is 4.79 Å². The quantitative estimate of drug-likeness (QED) is 0.556. The van der Waals surface area contributed by atoms with E-state index in [0.717, 1.165) is 43.4 Å². The Labute approximate surface area is 199 Å². The van der Waals surface area contributed by atoms with E-state index in [0.29, 0.717) is 41.0 Å². The van der Waals surface area contributed by atoms with E-state index < -0.39 is 0 Å². The smallest absolute Gasteiger partial charge is 0.226 e. The maximum atomic E-state index is 12.7. The Kier molecular flexibility index (Phi) is 5.93. The van der Waals surface area contributed by atoms with Crippen LogP contribution in [0, 0.1) is 30.1 Å². The van der Waals surface area contributed by atoms with Crippen LogP contribution in [0.15, 0.2) is 29.6 Å². The first kappa shape index (κ1) is 22.4. The van der Waals surface area contributed by atoms with E-state index in [1.807, 2.05) is 19.1 Å². The number of nitrogens with one attached hydrogen (secondary N) is 1. The van der Waals surface area contributed by atoms with Gasteiger partial charge in [-0.15, -0.1) is 11.3 Å². The molecule has 0 bridgehead atoms. The largest absolute Gasteiger partial charge is 0.508 e. The first-order chi connectivity index (χ1) is 15.9. The van der Waals surface area contributed by atoms with E-state index in [1.165, 1.54) is 28.2 Å². The van der Waals surface area contributed by atoms with Gasteiger partial charge in [0.05, 0.1) is 5.71 Å². The second-order valence-corrected chi connectivity index (χ2v) is 11.5. The topological polar surface area (TPSA) is 83.8 Å². The number of aromatic nitrogens is 1. The van der Waals surface area contributed by atoms with E-state index >= 15 is 0 Å². The van der Waals surface area contributed by atoms with Gasteiger partial charge in [0.2, 0.25) is 5.91 Å². The van der Waals surface area contributed by atoms with E-state index in [2.05, 4.69) is 28.4 Å². The van der Waals surface area contributed by atoms with Crippen molar-refractivity contribution in [2.24, 2.45) is 28.3 Å². The maximum absolute atomic E-state index is 12.7. The number of amides is 1. The zero-order chi connectivity index (χ0) is 23.2. The van der Waals surface area contributed by atoms with Gasteiger partial charge in [0.25, 0.3) is 0 Å². The molecule has 1 aromatic heterocycles. The third-order valence-corrected chi connectivity index (χ3v) is 9.22. The van der Waals surface area contributed by atoms with Gasteiger partial charge in [-0.1, -0.05) is 18.1 Å². The van der Waals surface area contributed by atoms with E-state index in [9.17, 15) is 9.90 Å². The van der Waals surface area contributed by atoms with Crippen LogP contribution in [0.1, 0.15) is 67.4 Å². The molecule has 0 radical (unpaired) electrons. The number of phenolic OH excluding ortho intramolecular Hbond substituents is 1. The van der Waals surface area contributed by atoms with Crippen LogP contribution in [0.25, 0.3) is 0 Å². The molecule has 2 aromatic rings. The predicted molar refractivity (Wildman–Crippen MR) is 131 cm³/mol. The fourth-order valence-electron chi connectivity index (χ4n) is 7.08. The number of benzene rings is 1. The summed E-state index contributed by atoms with van der Waals surface area (Å²) in [5.74, 6) is 2.40. The van der Waals surface area contributed by atoms with Crippen molar-refractivity contribution >= 4 is 28.1 Å². The van der Waals surface area contributed by atoms with Crippen molar-refractivity contribution < 1.29 is 14.7 Å². The summed E-state index contributed by atoms with van der Waals surface area (Å²) in [6.07, 6.45) is 8.40. The molecule has 3 aliphatic rings. The lowest BCUT2D eigenvalue weighted by atomic mass is 9.54. The number of aryl methyl sites for hydroxylation is 2. The van der Waals surface area contributed by atoms with Crippen molar-refractivity contribution in [1.29, 1.82) is 0 Å². The molecule has 2 saturated carbocycles. The second-order valence-electron chi connectivity index (χ2n) is 10.2. The second kappa shape index (κ2) is 8.75. The average Bonchev–Trinajstić information content (AvgIpc) is 3.32. The number of phenols is 1. The number of carbonyl (C=O) groups is 1. The molecule has 176 valence electrons. The van der Waals surface area contributed by atoms with Gasteiger partial charge in [-0.2, -0.15) is 0 Å². The number of anilines is 1. The highest BCUT2D eigenvalue weighted by Gasteiger charge is 2.57. The molecule has 5 rings (SSSR count). The lowest BCUT2D eigenvalue weighted by Crippen LogP contribution is -2.44. The lowest BCUT2D eigenvalue weighted by molar-refractivity contribution is -0.116. The van der Waals surface area contributed by atoms with Gasteiger partial charge >= 0.3 is 0 Å². The number of fused-ring (bicyclic) bond motifs is 5. The van der Waals surface area contributed by atoms with Crippen molar-refractivity contribution in [3.8, 4) is 5.75 Å². The zero-order valence-electron chi connectivity index (χ0n) is 19.6. The molecular weight excluding hydrogens is 434 g/mol. The number of nitrogens with zero attached hydrogens (tertiary/aromatic N) is 2. The Hall–Kier alpha value is -2.41. The summed E-state index contributed by atoms with van der Waals surface area (Å²) in [4.78, 5) is 23.3. The normalized spacial score (nSPS) is 31.5. The monoisotopic (exact) mass is 467 g/mol. The molecule has 1 amide bonds. The summed E-state index contributed by atoms with van der Waals surface area (Å²) >= 11 is 1.51. The van der Waals surface area contributed by atoms with Crippen molar-refractivity contribution in [3.05, 3.63) is 40.4 Å².